The van der Waals surface area contributed by atoms with Gasteiger partial charge in [-0.3, -0.25) is 19.4 Å². The topological polar surface area (TPSA) is 169 Å². The minimum absolute atomic E-state index is 0.0267. The highest BCUT2D eigenvalue weighted by Gasteiger charge is 2.45. The Hall–Kier alpha value is -3.40. The minimum atomic E-state index is -0.847. The van der Waals surface area contributed by atoms with Crippen molar-refractivity contribution in [3.05, 3.63) is 34.9 Å². The van der Waals surface area contributed by atoms with E-state index >= 15 is 0 Å². The summed E-state index contributed by atoms with van der Waals surface area (Å²) in [5.41, 5.74) is 13.1. The molecule has 3 fully saturated rings. The maximum absolute atomic E-state index is 13.3. The highest BCUT2D eigenvalue weighted by Crippen LogP contribution is 2.39. The average molecular weight is 597 g/mol. The van der Waals surface area contributed by atoms with Crippen LogP contribution in [0.15, 0.2) is 28.6 Å². The average Bonchev–Trinajstić information content (AvgIpc) is 3.84. The number of anilines is 1. The van der Waals surface area contributed by atoms with Gasteiger partial charge in [-0.1, -0.05) is 18.5 Å². The number of halogens is 1. The molecule has 1 saturated carbocycles. The molecule has 42 heavy (non-hydrogen) atoms. The number of nitriles is 1. The van der Waals surface area contributed by atoms with Crippen LogP contribution in [0.3, 0.4) is 0 Å². The van der Waals surface area contributed by atoms with Crippen molar-refractivity contribution in [2.45, 2.75) is 76.0 Å². The molecule has 4 aliphatic rings. The van der Waals surface area contributed by atoms with Crippen LogP contribution >= 0.6 is 11.6 Å². The summed E-state index contributed by atoms with van der Waals surface area (Å²) in [6.45, 7) is 8.01. The van der Waals surface area contributed by atoms with E-state index in [0.29, 0.717) is 36.4 Å². The van der Waals surface area contributed by atoms with E-state index in [4.69, 9.17) is 28.3 Å². The summed E-state index contributed by atoms with van der Waals surface area (Å²) in [6.07, 6.45) is 5.23. The summed E-state index contributed by atoms with van der Waals surface area (Å²) in [4.78, 5) is 41.4. The first-order valence-corrected chi connectivity index (χ1v) is 15.3. The third kappa shape index (κ3) is 6.04. The number of carbonyl (C=O) groups excluding carboxylic acids is 2. The van der Waals surface area contributed by atoms with Crippen molar-refractivity contribution in [2.75, 3.05) is 45.0 Å². The van der Waals surface area contributed by atoms with Crippen LogP contribution in [-0.2, 0) is 4.79 Å². The lowest BCUT2D eigenvalue weighted by atomic mass is 9.96. The number of piperazine rings is 1. The second-order valence-electron chi connectivity index (χ2n) is 11.7. The molecule has 5 rings (SSSR count). The van der Waals surface area contributed by atoms with Gasteiger partial charge in [-0.05, 0) is 51.2 Å². The summed E-state index contributed by atoms with van der Waals surface area (Å²) in [5, 5.41) is 14.8. The molecule has 1 aromatic rings. The molecule has 2 saturated heterocycles. The number of nitrogen functional groups attached to an aromatic ring is 1. The monoisotopic (exact) mass is 596 g/mol. The fourth-order valence-electron chi connectivity index (χ4n) is 6.31. The first kappa shape index (κ1) is 30.1. The number of hydrogen-bond donors (Lipinski definition) is 4. The normalized spacial score (nSPS) is 25.9. The molecule has 6 N–H and O–H groups in total. The molecule has 0 radical (unpaired) electrons. The smallest absolute Gasteiger partial charge is 0.273 e. The molecule has 2 amide bonds. The van der Waals surface area contributed by atoms with Crippen LogP contribution in [0.1, 0.15) is 74.3 Å². The number of rotatable bonds is 8. The molecule has 226 valence electrons. The van der Waals surface area contributed by atoms with Crippen LogP contribution in [0.2, 0.25) is 0 Å². The Bertz CT molecular complexity index is 1310. The standard InChI is InChI=1S/C29H41ClN10O2/c1-3-19-17-39(29(2)28(30)36-23(25(33)37-29)26(41)34-12-4-11-31)15-16-40(19)20-9-13-38(14-10-20)27(42)21-7-8-22(18-5-6-18)35-24(21)32/h7-8,18-20,37H,3-6,9-10,12-17,33H2,1-2H3,(H2,32,35)(H,34,41)/t19-,29?/m0/s1. The number of hydrogen-bond acceptors (Lipinski definition) is 10. The number of likely N-dealkylation sites (tertiary alicyclic amines) is 1. The maximum Gasteiger partial charge on any atom is 0.273 e. The quantitative estimate of drug-likeness (QED) is 0.326. The molecule has 0 aromatic carbocycles. The van der Waals surface area contributed by atoms with Gasteiger partial charge < -0.3 is 27.0 Å². The number of piperidine rings is 1. The predicted octanol–water partition coefficient (Wildman–Crippen LogP) is 1.66. The van der Waals surface area contributed by atoms with Gasteiger partial charge in [0.2, 0.25) is 0 Å². The number of carbonyl (C=O) groups is 2. The highest BCUT2D eigenvalue weighted by molar-refractivity contribution is 6.67. The predicted molar refractivity (Wildman–Crippen MR) is 161 cm³/mol. The Morgan fingerprint density at radius 2 is 1.93 bits per heavy atom. The number of aromatic nitrogens is 1. The third-order valence-corrected chi connectivity index (χ3v) is 9.46. The lowest BCUT2D eigenvalue weighted by molar-refractivity contribution is -0.117. The largest absolute Gasteiger partial charge is 0.384 e. The van der Waals surface area contributed by atoms with Crippen LogP contribution < -0.4 is 22.1 Å². The lowest BCUT2D eigenvalue weighted by Gasteiger charge is -2.52. The lowest BCUT2D eigenvalue weighted by Crippen LogP contribution is -2.69. The van der Waals surface area contributed by atoms with E-state index in [-0.39, 0.29) is 41.6 Å². The van der Waals surface area contributed by atoms with E-state index in [9.17, 15) is 9.59 Å². The molecule has 3 aliphatic heterocycles. The van der Waals surface area contributed by atoms with Gasteiger partial charge in [0.25, 0.3) is 11.8 Å². The zero-order valence-electron chi connectivity index (χ0n) is 24.4. The van der Waals surface area contributed by atoms with E-state index in [1.165, 1.54) is 0 Å². The maximum atomic E-state index is 13.3. The molecular formula is C29H41ClN10O2. The van der Waals surface area contributed by atoms with Crippen molar-refractivity contribution in [3.8, 4) is 6.07 Å². The van der Waals surface area contributed by atoms with Gasteiger partial charge in [-0.25, -0.2) is 9.98 Å². The summed E-state index contributed by atoms with van der Waals surface area (Å²) in [7, 11) is 0. The SMILES string of the molecule is CC[C@H]1CN(C2(C)NC(N)=C(C(=O)NCCC#N)N=C2Cl)CCN1C1CCN(C(=O)c2ccc(C3CC3)nc2N)CC1. The molecule has 1 unspecified atom stereocenters. The van der Waals surface area contributed by atoms with Crippen molar-refractivity contribution < 1.29 is 9.59 Å². The Morgan fingerprint density at radius 1 is 1.19 bits per heavy atom. The van der Waals surface area contributed by atoms with Gasteiger partial charge in [0.05, 0.1) is 18.1 Å². The number of nitrogens with zero attached hydrogens (tertiary/aromatic N) is 6. The van der Waals surface area contributed by atoms with Crippen molar-refractivity contribution in [2.24, 2.45) is 10.7 Å². The Balaban J connectivity index is 1.18. The van der Waals surface area contributed by atoms with Gasteiger partial charge in [0.1, 0.15) is 22.5 Å². The van der Waals surface area contributed by atoms with Crippen LogP contribution in [0.4, 0.5) is 5.82 Å². The van der Waals surface area contributed by atoms with Crippen molar-refractivity contribution in [1.29, 1.82) is 5.26 Å². The first-order chi connectivity index (χ1) is 20.2. The van der Waals surface area contributed by atoms with Gasteiger partial charge in [-0.15, -0.1) is 0 Å². The van der Waals surface area contributed by atoms with Gasteiger partial charge in [0, 0.05) is 63.0 Å². The minimum Gasteiger partial charge on any atom is -0.384 e. The molecule has 1 aliphatic carbocycles. The Labute approximate surface area is 252 Å². The Morgan fingerprint density at radius 3 is 2.57 bits per heavy atom. The molecule has 1 aromatic heterocycles. The fraction of sp³-hybridized carbons (Fsp3) is 0.621. The molecule has 4 heterocycles. The number of aliphatic imine (C=N–C) groups is 1. The van der Waals surface area contributed by atoms with Gasteiger partial charge >= 0.3 is 0 Å². The number of amides is 2. The second kappa shape index (κ2) is 12.5. The number of pyridine rings is 1. The van der Waals surface area contributed by atoms with Crippen LogP contribution in [-0.4, -0.2) is 93.7 Å². The van der Waals surface area contributed by atoms with Crippen molar-refractivity contribution in [1.82, 2.24) is 30.3 Å². The van der Waals surface area contributed by atoms with Gasteiger partial charge in [-0.2, -0.15) is 5.26 Å². The second-order valence-corrected chi connectivity index (χ2v) is 12.1. The summed E-state index contributed by atoms with van der Waals surface area (Å²) < 4.78 is 0. The van der Waals surface area contributed by atoms with E-state index in [2.05, 4.69) is 37.3 Å². The van der Waals surface area contributed by atoms with Crippen molar-refractivity contribution in [3.63, 3.8) is 0 Å². The summed E-state index contributed by atoms with van der Waals surface area (Å²) in [6, 6.07) is 6.44. The van der Waals surface area contributed by atoms with Crippen LogP contribution in [0.5, 0.6) is 0 Å². The van der Waals surface area contributed by atoms with E-state index in [1.54, 1.807) is 0 Å². The molecule has 13 heteroatoms. The zero-order valence-corrected chi connectivity index (χ0v) is 25.2. The van der Waals surface area contributed by atoms with Crippen LogP contribution in [0.25, 0.3) is 0 Å². The molecule has 12 nitrogen and oxygen atoms in total. The summed E-state index contributed by atoms with van der Waals surface area (Å²) >= 11 is 6.69. The van der Waals surface area contributed by atoms with E-state index in [0.717, 1.165) is 57.4 Å². The number of nitrogens with one attached hydrogen (secondary N) is 2. The van der Waals surface area contributed by atoms with E-state index in [1.807, 2.05) is 30.0 Å². The van der Waals surface area contributed by atoms with Crippen molar-refractivity contribution >= 4 is 34.4 Å². The third-order valence-electron chi connectivity index (χ3n) is 9.01. The van der Waals surface area contributed by atoms with E-state index < -0.39 is 11.6 Å². The molecule has 0 bridgehead atoms. The summed E-state index contributed by atoms with van der Waals surface area (Å²) in [5.74, 6) is 0.486. The highest BCUT2D eigenvalue weighted by atomic mass is 35.5. The zero-order chi connectivity index (χ0) is 30.0. The number of nitrogens with two attached hydrogens (primary N) is 2. The molecular weight excluding hydrogens is 556 g/mol. The Kier molecular flexibility index (Phi) is 8.92. The fourth-order valence-corrected chi connectivity index (χ4v) is 6.56. The molecule has 0 spiro atoms. The van der Waals surface area contributed by atoms with Crippen LogP contribution in [0, 0.1) is 11.3 Å². The van der Waals surface area contributed by atoms with Gasteiger partial charge in [0.15, 0.2) is 5.70 Å². The first-order valence-electron chi connectivity index (χ1n) is 14.9. The molecule has 2 atom stereocenters.